The van der Waals surface area contributed by atoms with Gasteiger partial charge in [0.2, 0.25) is 5.91 Å². The highest BCUT2D eigenvalue weighted by Gasteiger charge is 2.29. The van der Waals surface area contributed by atoms with E-state index in [4.69, 9.17) is 51.1 Å². The van der Waals surface area contributed by atoms with Gasteiger partial charge in [0.25, 0.3) is 5.91 Å². The van der Waals surface area contributed by atoms with E-state index in [9.17, 15) is 19.5 Å². The number of hydrogen-bond acceptors (Lipinski definition) is 7. The predicted octanol–water partition coefficient (Wildman–Crippen LogP) is 7.99. The van der Waals surface area contributed by atoms with Crippen LogP contribution in [0.25, 0.3) is 10.2 Å². The van der Waals surface area contributed by atoms with Gasteiger partial charge in [0, 0.05) is 10.6 Å². The molecule has 202 valence electrons. The third kappa shape index (κ3) is 6.71. The second-order valence-electron chi connectivity index (χ2n) is 7.71. The van der Waals surface area contributed by atoms with Crippen molar-refractivity contribution >= 4 is 108 Å². The molecule has 0 aliphatic rings. The molecular formula is C25H17Cl4N3O5S2. The molecule has 3 N–H and O–H groups in total. The standard InChI is InChI=1S/C25H17Cl4N3O5S2/c1-2-37-12-6-7-14-15(9-12)39-25(31-14)32-16(33)10-38-13-5-3-4-11(8-13)30-23(34)17-18(24(35)36)20(27)22(29)21(28)19(17)26/h3-9H,2,10H2,1H3,(H,30,34)(H,35,36)(H,31,32,33). The average Bonchev–Trinajstić information content (AvgIpc) is 3.29. The number of halogens is 4. The summed E-state index contributed by atoms with van der Waals surface area (Å²) in [4.78, 5) is 42.4. The lowest BCUT2D eigenvalue weighted by molar-refractivity contribution is -0.113. The van der Waals surface area contributed by atoms with E-state index in [0.29, 0.717) is 22.3 Å². The second kappa shape index (κ2) is 12.6. The molecule has 4 rings (SSSR count). The summed E-state index contributed by atoms with van der Waals surface area (Å²) in [5.74, 6) is -1.79. The molecule has 0 atom stereocenters. The summed E-state index contributed by atoms with van der Waals surface area (Å²) in [7, 11) is 0. The number of carbonyl (C=O) groups is 3. The number of thiazole rings is 1. The van der Waals surface area contributed by atoms with Gasteiger partial charge in [-0.05, 0) is 43.3 Å². The smallest absolute Gasteiger partial charge is 0.338 e. The topological polar surface area (TPSA) is 118 Å². The molecule has 0 bridgehead atoms. The van der Waals surface area contributed by atoms with Crippen molar-refractivity contribution < 1.29 is 24.2 Å². The third-order valence-electron chi connectivity index (χ3n) is 5.09. The van der Waals surface area contributed by atoms with Crippen molar-refractivity contribution in [2.24, 2.45) is 0 Å². The number of rotatable bonds is 9. The number of carboxylic acids is 1. The lowest BCUT2D eigenvalue weighted by atomic mass is 10.1. The Bertz CT molecular complexity index is 1610. The first-order valence-electron chi connectivity index (χ1n) is 11.1. The largest absolute Gasteiger partial charge is 0.494 e. The van der Waals surface area contributed by atoms with E-state index in [1.165, 1.54) is 23.1 Å². The molecule has 0 radical (unpaired) electrons. The van der Waals surface area contributed by atoms with Crippen LogP contribution in [-0.2, 0) is 4.79 Å². The summed E-state index contributed by atoms with van der Waals surface area (Å²) in [5.41, 5.74) is 0.0884. The van der Waals surface area contributed by atoms with Crippen molar-refractivity contribution in [3.63, 3.8) is 0 Å². The molecule has 0 spiro atoms. The third-order valence-corrected chi connectivity index (χ3v) is 8.82. The second-order valence-corrected chi connectivity index (χ2v) is 11.3. The summed E-state index contributed by atoms with van der Waals surface area (Å²) in [5, 5.41) is 14.2. The van der Waals surface area contributed by atoms with Gasteiger partial charge in [0.15, 0.2) is 5.13 Å². The number of thioether (sulfide) groups is 1. The summed E-state index contributed by atoms with van der Waals surface area (Å²) in [6.45, 7) is 2.46. The van der Waals surface area contributed by atoms with Gasteiger partial charge in [-0.1, -0.05) is 63.8 Å². The number of nitrogens with zero attached hydrogens (tertiary/aromatic N) is 1. The SMILES string of the molecule is CCOc1ccc2nc(NC(=O)CSc3cccc(NC(=O)c4c(Cl)c(Cl)c(Cl)c(Cl)c4C(=O)O)c3)sc2c1. The van der Waals surface area contributed by atoms with Crippen LogP contribution in [0.1, 0.15) is 27.6 Å². The highest BCUT2D eigenvalue weighted by atomic mass is 35.5. The maximum Gasteiger partial charge on any atom is 0.338 e. The zero-order chi connectivity index (χ0) is 28.3. The van der Waals surface area contributed by atoms with E-state index in [2.05, 4.69) is 15.6 Å². The minimum atomic E-state index is -1.50. The summed E-state index contributed by atoms with van der Waals surface area (Å²) in [6, 6.07) is 12.2. The van der Waals surface area contributed by atoms with Gasteiger partial charge in [-0.25, -0.2) is 9.78 Å². The van der Waals surface area contributed by atoms with Crippen LogP contribution >= 0.6 is 69.5 Å². The molecule has 0 fully saturated rings. The quantitative estimate of drug-likeness (QED) is 0.0960. The molecule has 14 heteroatoms. The number of hydrogen-bond donors (Lipinski definition) is 3. The van der Waals surface area contributed by atoms with Crippen LogP contribution in [0.3, 0.4) is 0 Å². The first kappa shape index (κ1) is 29.3. The average molecular weight is 645 g/mol. The molecule has 0 aliphatic heterocycles. The summed E-state index contributed by atoms with van der Waals surface area (Å²) >= 11 is 26.7. The van der Waals surface area contributed by atoms with E-state index in [1.54, 1.807) is 24.3 Å². The van der Waals surface area contributed by atoms with Gasteiger partial charge in [-0.2, -0.15) is 0 Å². The van der Waals surface area contributed by atoms with Gasteiger partial charge < -0.3 is 20.5 Å². The number of carboxylic acid groups (broad SMARTS) is 1. The number of ether oxygens (including phenoxy) is 1. The molecule has 0 saturated heterocycles. The molecule has 1 heterocycles. The fraction of sp³-hybridized carbons (Fsp3) is 0.120. The molecule has 4 aromatic rings. The Kier molecular flexibility index (Phi) is 9.47. The minimum absolute atomic E-state index is 0.0783. The van der Waals surface area contributed by atoms with Gasteiger partial charge in [0.1, 0.15) is 5.75 Å². The van der Waals surface area contributed by atoms with Crippen LogP contribution in [0, 0.1) is 0 Å². The van der Waals surface area contributed by atoms with Crippen molar-refractivity contribution in [3.05, 3.63) is 73.7 Å². The van der Waals surface area contributed by atoms with Crippen LogP contribution in [0.15, 0.2) is 47.4 Å². The number of aromatic carboxylic acids is 1. The first-order chi connectivity index (χ1) is 18.6. The fourth-order valence-electron chi connectivity index (χ4n) is 3.42. The molecule has 3 aromatic carbocycles. The predicted molar refractivity (Wildman–Crippen MR) is 158 cm³/mol. The van der Waals surface area contributed by atoms with Crippen LogP contribution in [0.4, 0.5) is 10.8 Å². The van der Waals surface area contributed by atoms with Crippen LogP contribution in [-0.4, -0.2) is 40.2 Å². The molecule has 0 saturated carbocycles. The van der Waals surface area contributed by atoms with Crippen molar-refractivity contribution in [1.29, 1.82) is 0 Å². The Balaban J connectivity index is 1.43. The Morgan fingerprint density at radius 2 is 1.69 bits per heavy atom. The number of carbonyl (C=O) groups excluding carboxylic acids is 2. The van der Waals surface area contributed by atoms with E-state index in [-0.39, 0.29) is 26.7 Å². The van der Waals surface area contributed by atoms with Crippen molar-refractivity contribution in [2.45, 2.75) is 11.8 Å². The van der Waals surface area contributed by atoms with E-state index < -0.39 is 28.0 Å². The highest BCUT2D eigenvalue weighted by molar-refractivity contribution is 8.00. The highest BCUT2D eigenvalue weighted by Crippen LogP contribution is 2.42. The summed E-state index contributed by atoms with van der Waals surface area (Å²) in [6.07, 6.45) is 0. The Morgan fingerprint density at radius 1 is 0.974 bits per heavy atom. The molecule has 39 heavy (non-hydrogen) atoms. The zero-order valence-corrected chi connectivity index (χ0v) is 24.5. The molecular weight excluding hydrogens is 628 g/mol. The van der Waals surface area contributed by atoms with Crippen molar-refractivity contribution in [3.8, 4) is 5.75 Å². The maximum absolute atomic E-state index is 13.0. The lowest BCUT2D eigenvalue weighted by Gasteiger charge is -2.14. The number of anilines is 2. The van der Waals surface area contributed by atoms with Crippen LogP contribution < -0.4 is 15.4 Å². The zero-order valence-electron chi connectivity index (χ0n) is 19.8. The molecule has 1 aromatic heterocycles. The summed E-state index contributed by atoms with van der Waals surface area (Å²) < 4.78 is 6.39. The van der Waals surface area contributed by atoms with E-state index >= 15 is 0 Å². The van der Waals surface area contributed by atoms with E-state index in [0.717, 1.165) is 16.0 Å². The molecule has 0 unspecified atom stereocenters. The maximum atomic E-state index is 13.0. The van der Waals surface area contributed by atoms with Crippen LogP contribution in [0.5, 0.6) is 5.75 Å². The number of fused-ring (bicyclic) bond motifs is 1. The number of nitrogens with one attached hydrogen (secondary N) is 2. The molecule has 8 nitrogen and oxygen atoms in total. The van der Waals surface area contributed by atoms with E-state index in [1.807, 2.05) is 25.1 Å². The van der Waals surface area contributed by atoms with Gasteiger partial charge >= 0.3 is 5.97 Å². The first-order valence-corrected chi connectivity index (χ1v) is 14.4. The van der Waals surface area contributed by atoms with Gasteiger partial charge in [0.05, 0.1) is 53.8 Å². The number of amides is 2. The Labute approximate surface area is 250 Å². The lowest BCUT2D eigenvalue weighted by Crippen LogP contribution is -2.18. The van der Waals surface area contributed by atoms with Gasteiger partial charge in [-0.15, -0.1) is 11.8 Å². The minimum Gasteiger partial charge on any atom is -0.494 e. The van der Waals surface area contributed by atoms with Crippen molar-refractivity contribution in [2.75, 3.05) is 23.0 Å². The Hall–Kier alpha value is -2.73. The van der Waals surface area contributed by atoms with Crippen LogP contribution in [0.2, 0.25) is 20.1 Å². The molecule has 0 aliphatic carbocycles. The number of aromatic nitrogens is 1. The molecule has 2 amide bonds. The monoisotopic (exact) mass is 643 g/mol. The normalized spacial score (nSPS) is 10.9. The number of benzene rings is 3. The fourth-order valence-corrected chi connectivity index (χ4v) is 6.11. The Morgan fingerprint density at radius 3 is 2.38 bits per heavy atom. The van der Waals surface area contributed by atoms with Crippen molar-refractivity contribution in [1.82, 2.24) is 4.98 Å². The van der Waals surface area contributed by atoms with Gasteiger partial charge in [-0.3, -0.25) is 9.59 Å².